The van der Waals surface area contributed by atoms with Gasteiger partial charge in [0.15, 0.2) is 0 Å². The van der Waals surface area contributed by atoms with Crippen molar-refractivity contribution in [3.8, 4) is 0 Å². The van der Waals surface area contributed by atoms with Crippen LogP contribution in [0.5, 0.6) is 0 Å². The summed E-state index contributed by atoms with van der Waals surface area (Å²) in [4.78, 5) is 2.18. The predicted octanol–water partition coefficient (Wildman–Crippen LogP) is 3.26. The average molecular weight is 326 g/mol. The van der Waals surface area contributed by atoms with Crippen molar-refractivity contribution in [1.82, 2.24) is 14.7 Å². The molecule has 1 heterocycles. The first-order valence-corrected chi connectivity index (χ1v) is 6.87. The van der Waals surface area contributed by atoms with E-state index in [1.807, 2.05) is 37.8 Å². The van der Waals surface area contributed by atoms with Crippen LogP contribution in [0.4, 0.5) is 4.39 Å². The van der Waals surface area contributed by atoms with E-state index in [1.54, 1.807) is 0 Å². The van der Waals surface area contributed by atoms with Gasteiger partial charge in [0.05, 0.1) is 15.9 Å². The van der Waals surface area contributed by atoms with Gasteiger partial charge < -0.3 is 0 Å². The molecule has 0 aliphatic heterocycles. The Morgan fingerprint density at radius 2 is 1.89 bits per heavy atom. The van der Waals surface area contributed by atoms with E-state index in [9.17, 15) is 4.39 Å². The largest absolute Gasteiger partial charge is 0.296 e. The van der Waals surface area contributed by atoms with Gasteiger partial charge in [-0.25, -0.2) is 4.39 Å². The van der Waals surface area contributed by atoms with Crippen LogP contribution in [0, 0.1) is 12.7 Å². The zero-order valence-corrected chi connectivity index (χ0v) is 12.9. The molecule has 3 nitrogen and oxygen atoms in total. The van der Waals surface area contributed by atoms with E-state index in [-0.39, 0.29) is 5.82 Å². The van der Waals surface area contributed by atoms with Gasteiger partial charge in [0.2, 0.25) is 0 Å². The van der Waals surface area contributed by atoms with Gasteiger partial charge in [-0.1, -0.05) is 12.1 Å². The third kappa shape index (κ3) is 3.42. The lowest BCUT2D eigenvalue weighted by atomic mass is 10.2. The highest BCUT2D eigenvalue weighted by Gasteiger charge is 2.12. The van der Waals surface area contributed by atoms with E-state index < -0.39 is 0 Å². The predicted molar refractivity (Wildman–Crippen MR) is 77.2 cm³/mol. The molecular formula is C14H17BrFN3. The van der Waals surface area contributed by atoms with Gasteiger partial charge in [0.25, 0.3) is 0 Å². The van der Waals surface area contributed by atoms with E-state index in [1.165, 1.54) is 12.1 Å². The molecule has 2 rings (SSSR count). The number of aromatic nitrogens is 2. The number of nitrogens with zero attached hydrogens (tertiary/aromatic N) is 3. The summed E-state index contributed by atoms with van der Waals surface area (Å²) in [5.74, 6) is -0.198. The Morgan fingerprint density at radius 1 is 1.26 bits per heavy atom. The summed E-state index contributed by atoms with van der Waals surface area (Å²) in [7, 11) is 3.98. The number of rotatable bonds is 4. The summed E-state index contributed by atoms with van der Waals surface area (Å²) in [5.41, 5.74) is 3.23. The summed E-state index contributed by atoms with van der Waals surface area (Å²) < 4.78 is 15.8. The fourth-order valence-corrected chi connectivity index (χ4v) is 2.53. The molecule has 0 unspecified atom stereocenters. The third-order valence-corrected chi connectivity index (χ3v) is 4.08. The van der Waals surface area contributed by atoms with Crippen molar-refractivity contribution in [2.45, 2.75) is 20.0 Å². The van der Waals surface area contributed by atoms with Crippen LogP contribution in [0.3, 0.4) is 0 Å². The Hall–Kier alpha value is -1.20. The van der Waals surface area contributed by atoms with E-state index in [4.69, 9.17) is 0 Å². The molecule has 0 aliphatic rings. The number of hydrogen-bond acceptors (Lipinski definition) is 2. The van der Waals surface area contributed by atoms with Crippen molar-refractivity contribution in [1.29, 1.82) is 0 Å². The van der Waals surface area contributed by atoms with Crippen LogP contribution >= 0.6 is 15.9 Å². The SMILES string of the molecule is Cc1nn(C)c(CN(C)Cc2ccc(F)cc2)c1Br. The van der Waals surface area contributed by atoms with Crippen LogP contribution in [-0.4, -0.2) is 21.7 Å². The van der Waals surface area contributed by atoms with Crippen LogP contribution in [0.15, 0.2) is 28.7 Å². The highest BCUT2D eigenvalue weighted by atomic mass is 79.9. The molecule has 0 saturated carbocycles. The van der Waals surface area contributed by atoms with Crippen LogP contribution in [0.2, 0.25) is 0 Å². The van der Waals surface area contributed by atoms with E-state index in [2.05, 4.69) is 25.9 Å². The fourth-order valence-electron chi connectivity index (χ4n) is 2.06. The molecule has 0 fully saturated rings. The van der Waals surface area contributed by atoms with Crippen LogP contribution in [-0.2, 0) is 20.1 Å². The van der Waals surface area contributed by atoms with Gasteiger partial charge in [0, 0.05) is 20.1 Å². The maximum atomic E-state index is 12.8. The van der Waals surface area contributed by atoms with Crippen LogP contribution < -0.4 is 0 Å². The van der Waals surface area contributed by atoms with Gasteiger partial charge in [-0.15, -0.1) is 0 Å². The molecule has 5 heteroatoms. The maximum Gasteiger partial charge on any atom is 0.123 e. The molecule has 0 radical (unpaired) electrons. The molecule has 1 aromatic heterocycles. The van der Waals surface area contributed by atoms with Gasteiger partial charge in [-0.3, -0.25) is 9.58 Å². The summed E-state index contributed by atoms with van der Waals surface area (Å²) in [6.45, 7) is 3.54. The standard InChI is InChI=1S/C14H17BrFN3/c1-10-14(15)13(19(3)17-10)9-18(2)8-11-4-6-12(16)7-5-11/h4-7H,8-9H2,1-3H3. The van der Waals surface area contributed by atoms with Gasteiger partial charge in [-0.05, 0) is 47.6 Å². The van der Waals surface area contributed by atoms with Crippen molar-refractivity contribution < 1.29 is 4.39 Å². The van der Waals surface area contributed by atoms with Crippen LogP contribution in [0.25, 0.3) is 0 Å². The lowest BCUT2D eigenvalue weighted by Gasteiger charge is -2.17. The molecule has 19 heavy (non-hydrogen) atoms. The van der Waals surface area contributed by atoms with Crippen molar-refractivity contribution in [3.05, 3.63) is 51.5 Å². The van der Waals surface area contributed by atoms with Gasteiger partial charge >= 0.3 is 0 Å². The maximum absolute atomic E-state index is 12.8. The average Bonchev–Trinajstić information content (AvgIpc) is 2.59. The number of halogens is 2. The topological polar surface area (TPSA) is 21.1 Å². The van der Waals surface area contributed by atoms with Crippen molar-refractivity contribution in [2.24, 2.45) is 7.05 Å². The quantitative estimate of drug-likeness (QED) is 0.860. The van der Waals surface area contributed by atoms with E-state index in [0.717, 1.165) is 34.5 Å². The first-order valence-electron chi connectivity index (χ1n) is 6.08. The minimum Gasteiger partial charge on any atom is -0.296 e. The molecule has 0 atom stereocenters. The highest BCUT2D eigenvalue weighted by molar-refractivity contribution is 9.10. The van der Waals surface area contributed by atoms with E-state index in [0.29, 0.717) is 0 Å². The summed E-state index contributed by atoms with van der Waals surface area (Å²) in [6.07, 6.45) is 0. The third-order valence-electron chi connectivity index (χ3n) is 3.05. The molecule has 0 aliphatic carbocycles. The summed E-state index contributed by atoms with van der Waals surface area (Å²) in [6, 6.07) is 6.62. The molecule has 1 aromatic carbocycles. The minimum atomic E-state index is -0.198. The number of benzene rings is 1. The Balaban J connectivity index is 2.05. The second-order valence-corrected chi connectivity index (χ2v) is 5.56. The molecule has 102 valence electrons. The first kappa shape index (κ1) is 14.2. The van der Waals surface area contributed by atoms with Crippen molar-refractivity contribution in [3.63, 3.8) is 0 Å². The monoisotopic (exact) mass is 325 g/mol. The zero-order valence-electron chi connectivity index (χ0n) is 11.3. The highest BCUT2D eigenvalue weighted by Crippen LogP contribution is 2.21. The Bertz CT molecular complexity index is 563. The smallest absolute Gasteiger partial charge is 0.123 e. The van der Waals surface area contributed by atoms with Crippen molar-refractivity contribution >= 4 is 15.9 Å². The van der Waals surface area contributed by atoms with E-state index >= 15 is 0 Å². The fraction of sp³-hybridized carbons (Fsp3) is 0.357. The lowest BCUT2D eigenvalue weighted by Crippen LogP contribution is -2.19. The second kappa shape index (κ2) is 5.84. The number of hydrogen-bond donors (Lipinski definition) is 0. The Labute approximate surface area is 121 Å². The molecule has 0 saturated heterocycles. The molecule has 0 amide bonds. The van der Waals surface area contributed by atoms with Crippen LogP contribution in [0.1, 0.15) is 17.0 Å². The van der Waals surface area contributed by atoms with Gasteiger partial charge in [0.1, 0.15) is 5.82 Å². The molecular weight excluding hydrogens is 309 g/mol. The lowest BCUT2D eigenvalue weighted by molar-refractivity contribution is 0.309. The molecule has 0 spiro atoms. The summed E-state index contributed by atoms with van der Waals surface area (Å²) in [5, 5.41) is 4.38. The van der Waals surface area contributed by atoms with Gasteiger partial charge in [-0.2, -0.15) is 5.10 Å². The molecule has 0 bridgehead atoms. The molecule has 2 aromatic rings. The first-order chi connectivity index (χ1) is 8.97. The van der Waals surface area contributed by atoms with Crippen molar-refractivity contribution in [2.75, 3.05) is 7.05 Å². The summed E-state index contributed by atoms with van der Waals surface area (Å²) >= 11 is 3.56. The second-order valence-electron chi connectivity index (χ2n) is 4.77. The normalized spacial score (nSPS) is 11.3. The molecule has 0 N–H and O–H groups in total. The number of aryl methyl sites for hydroxylation is 2. The zero-order chi connectivity index (χ0) is 14.0. The minimum absolute atomic E-state index is 0.198. The Kier molecular flexibility index (Phi) is 4.37. The Morgan fingerprint density at radius 3 is 2.42 bits per heavy atom.